The van der Waals surface area contributed by atoms with Gasteiger partial charge in [-0.25, -0.2) is 4.98 Å². The molecule has 29 heavy (non-hydrogen) atoms. The first-order chi connectivity index (χ1) is 14.3. The number of aromatic amines is 1. The molecule has 1 N–H and O–H groups in total. The lowest BCUT2D eigenvalue weighted by Gasteiger charge is -2.03. The van der Waals surface area contributed by atoms with E-state index in [0.29, 0.717) is 40.7 Å². The molecular formula is C19H17ClN6O2S. The van der Waals surface area contributed by atoms with E-state index in [9.17, 15) is 0 Å². The lowest BCUT2D eigenvalue weighted by molar-refractivity contribution is 0.296. The Labute approximate surface area is 176 Å². The summed E-state index contributed by atoms with van der Waals surface area (Å²) < 4.78 is 11.0. The second-order valence-electron chi connectivity index (χ2n) is 6.01. The number of aromatic nitrogens is 6. The molecule has 4 rings (SSSR count). The first kappa shape index (κ1) is 19.4. The molecule has 0 aliphatic carbocycles. The van der Waals surface area contributed by atoms with Gasteiger partial charge in [0, 0.05) is 35.2 Å². The van der Waals surface area contributed by atoms with Gasteiger partial charge in [-0.3, -0.25) is 10.1 Å². The average molecular weight is 429 g/mol. The molecule has 0 radical (unpaired) electrons. The summed E-state index contributed by atoms with van der Waals surface area (Å²) in [6.45, 7) is 0.314. The molecule has 0 bridgehead atoms. The summed E-state index contributed by atoms with van der Waals surface area (Å²) in [7, 11) is 0. The van der Waals surface area contributed by atoms with E-state index in [1.807, 2.05) is 24.3 Å². The van der Waals surface area contributed by atoms with E-state index in [1.54, 1.807) is 36.3 Å². The van der Waals surface area contributed by atoms with Gasteiger partial charge in [-0.1, -0.05) is 28.5 Å². The Hall–Kier alpha value is -2.91. The monoisotopic (exact) mass is 428 g/mol. The SMILES string of the molecule is Clc1ccc(OCc2nc(SCCCc3nc(-c4ccncc4)no3)n[nH]2)cc1. The van der Waals surface area contributed by atoms with E-state index < -0.39 is 0 Å². The van der Waals surface area contributed by atoms with Gasteiger partial charge in [0.2, 0.25) is 16.9 Å². The van der Waals surface area contributed by atoms with Gasteiger partial charge >= 0.3 is 0 Å². The van der Waals surface area contributed by atoms with Gasteiger partial charge in [-0.2, -0.15) is 4.98 Å². The maximum absolute atomic E-state index is 5.86. The standard InChI is InChI=1S/C19H17ClN6O2S/c20-14-3-5-15(6-4-14)27-12-16-22-19(25-24-16)29-11-1-2-17-23-18(26-28-17)13-7-9-21-10-8-13/h3-10H,1-2,11-12H2,(H,22,24,25). The van der Waals surface area contributed by atoms with E-state index in [2.05, 4.69) is 30.3 Å². The van der Waals surface area contributed by atoms with Crippen LogP contribution < -0.4 is 4.74 Å². The van der Waals surface area contributed by atoms with Crippen LogP contribution in [0.3, 0.4) is 0 Å². The van der Waals surface area contributed by atoms with E-state index >= 15 is 0 Å². The summed E-state index contributed by atoms with van der Waals surface area (Å²) in [6.07, 6.45) is 4.97. The van der Waals surface area contributed by atoms with Gasteiger partial charge in [-0.15, -0.1) is 5.10 Å². The summed E-state index contributed by atoms with van der Waals surface area (Å²) in [5, 5.41) is 12.4. The summed E-state index contributed by atoms with van der Waals surface area (Å²) in [5.74, 6) is 3.42. The molecule has 0 unspecified atom stereocenters. The number of halogens is 1. The molecule has 8 nitrogen and oxygen atoms in total. The molecule has 1 aromatic carbocycles. The van der Waals surface area contributed by atoms with Crippen molar-refractivity contribution in [1.82, 2.24) is 30.3 Å². The van der Waals surface area contributed by atoms with Crippen molar-refractivity contribution in [2.24, 2.45) is 0 Å². The Morgan fingerprint density at radius 1 is 1.07 bits per heavy atom. The fraction of sp³-hybridized carbons (Fsp3) is 0.211. The summed E-state index contributed by atoms with van der Waals surface area (Å²) in [6, 6.07) is 10.9. The fourth-order valence-corrected chi connectivity index (χ4v) is 3.33. The Balaban J connectivity index is 1.19. The van der Waals surface area contributed by atoms with E-state index in [4.69, 9.17) is 20.9 Å². The number of thioether (sulfide) groups is 1. The lowest BCUT2D eigenvalue weighted by atomic mass is 10.2. The van der Waals surface area contributed by atoms with Crippen LogP contribution in [0.25, 0.3) is 11.4 Å². The maximum atomic E-state index is 5.86. The van der Waals surface area contributed by atoms with Crippen LogP contribution in [-0.4, -0.2) is 36.1 Å². The molecule has 4 aromatic rings. The Bertz CT molecular complexity index is 1040. The Morgan fingerprint density at radius 3 is 2.72 bits per heavy atom. The van der Waals surface area contributed by atoms with Crippen molar-refractivity contribution in [1.29, 1.82) is 0 Å². The van der Waals surface area contributed by atoms with Crippen molar-refractivity contribution in [3.05, 3.63) is 65.5 Å². The highest BCUT2D eigenvalue weighted by Gasteiger charge is 2.09. The van der Waals surface area contributed by atoms with E-state index in [1.165, 1.54) is 0 Å². The van der Waals surface area contributed by atoms with Gasteiger partial charge in [0.1, 0.15) is 12.4 Å². The predicted molar refractivity (Wildman–Crippen MR) is 109 cm³/mol. The van der Waals surface area contributed by atoms with Crippen LogP contribution >= 0.6 is 23.4 Å². The normalized spacial score (nSPS) is 10.9. The van der Waals surface area contributed by atoms with Crippen LogP contribution in [0.4, 0.5) is 0 Å². The van der Waals surface area contributed by atoms with Crippen LogP contribution in [-0.2, 0) is 13.0 Å². The van der Waals surface area contributed by atoms with Crippen LogP contribution in [0.5, 0.6) is 5.75 Å². The fourth-order valence-electron chi connectivity index (χ4n) is 2.45. The minimum atomic E-state index is 0.314. The molecule has 0 atom stereocenters. The zero-order valence-electron chi connectivity index (χ0n) is 15.3. The Morgan fingerprint density at radius 2 is 1.90 bits per heavy atom. The number of pyridine rings is 1. The van der Waals surface area contributed by atoms with Gasteiger partial charge in [-0.05, 0) is 42.8 Å². The van der Waals surface area contributed by atoms with E-state index in [-0.39, 0.29) is 0 Å². The lowest BCUT2D eigenvalue weighted by Crippen LogP contribution is -1.97. The van der Waals surface area contributed by atoms with E-state index in [0.717, 1.165) is 23.5 Å². The highest BCUT2D eigenvalue weighted by Crippen LogP contribution is 2.19. The summed E-state index contributed by atoms with van der Waals surface area (Å²) >= 11 is 7.42. The van der Waals surface area contributed by atoms with Crippen LogP contribution in [0.1, 0.15) is 18.1 Å². The van der Waals surface area contributed by atoms with Crippen molar-refractivity contribution in [3.63, 3.8) is 0 Å². The van der Waals surface area contributed by atoms with Gasteiger partial charge < -0.3 is 9.26 Å². The molecule has 0 spiro atoms. The smallest absolute Gasteiger partial charge is 0.226 e. The topological polar surface area (TPSA) is 103 Å². The van der Waals surface area contributed by atoms with Crippen molar-refractivity contribution in [2.75, 3.05) is 5.75 Å². The third kappa shape index (κ3) is 5.55. The van der Waals surface area contributed by atoms with Crippen molar-refractivity contribution in [2.45, 2.75) is 24.6 Å². The molecular weight excluding hydrogens is 412 g/mol. The predicted octanol–water partition coefficient (Wildman–Crippen LogP) is 4.21. The first-order valence-electron chi connectivity index (χ1n) is 8.92. The number of ether oxygens (including phenoxy) is 1. The molecule has 0 saturated carbocycles. The first-order valence-corrected chi connectivity index (χ1v) is 10.3. The van der Waals surface area contributed by atoms with Crippen molar-refractivity contribution in [3.8, 4) is 17.1 Å². The molecule has 0 amide bonds. The molecule has 0 aliphatic heterocycles. The summed E-state index contributed by atoms with van der Waals surface area (Å²) in [5.41, 5.74) is 0.887. The van der Waals surface area contributed by atoms with Gasteiger partial charge in [0.05, 0.1) is 0 Å². The number of H-pyrrole nitrogens is 1. The second kappa shape index (κ2) is 9.53. The van der Waals surface area contributed by atoms with Gasteiger partial charge in [0.15, 0.2) is 5.82 Å². The molecule has 0 aliphatic rings. The number of aryl methyl sites for hydroxylation is 1. The molecule has 148 valence electrons. The van der Waals surface area contributed by atoms with Crippen LogP contribution in [0.15, 0.2) is 58.5 Å². The van der Waals surface area contributed by atoms with Crippen molar-refractivity contribution < 1.29 is 9.26 Å². The molecule has 0 saturated heterocycles. The largest absolute Gasteiger partial charge is 0.486 e. The third-order valence-electron chi connectivity index (χ3n) is 3.87. The summed E-state index contributed by atoms with van der Waals surface area (Å²) in [4.78, 5) is 12.8. The van der Waals surface area contributed by atoms with Crippen LogP contribution in [0.2, 0.25) is 5.02 Å². The minimum absolute atomic E-state index is 0.314. The number of hydrogen-bond donors (Lipinski definition) is 1. The quantitative estimate of drug-likeness (QED) is 0.312. The highest BCUT2D eigenvalue weighted by molar-refractivity contribution is 7.99. The number of nitrogens with zero attached hydrogens (tertiary/aromatic N) is 5. The highest BCUT2D eigenvalue weighted by atomic mass is 35.5. The average Bonchev–Trinajstić information content (AvgIpc) is 3.41. The number of hydrogen-bond acceptors (Lipinski definition) is 8. The molecule has 10 heteroatoms. The zero-order valence-corrected chi connectivity index (χ0v) is 16.9. The van der Waals surface area contributed by atoms with Gasteiger partial charge in [0.25, 0.3) is 0 Å². The zero-order chi connectivity index (χ0) is 19.9. The number of rotatable bonds is 9. The molecule has 3 heterocycles. The minimum Gasteiger partial charge on any atom is -0.486 e. The Kier molecular flexibility index (Phi) is 6.38. The van der Waals surface area contributed by atoms with Crippen molar-refractivity contribution >= 4 is 23.4 Å². The number of nitrogens with one attached hydrogen (secondary N) is 1. The molecule has 3 aromatic heterocycles. The third-order valence-corrected chi connectivity index (χ3v) is 5.06. The second-order valence-corrected chi connectivity index (χ2v) is 7.51. The van der Waals surface area contributed by atoms with Crippen LogP contribution in [0, 0.1) is 0 Å². The number of benzene rings is 1. The maximum Gasteiger partial charge on any atom is 0.226 e. The molecule has 0 fully saturated rings.